The molecule has 0 bridgehead atoms. The van der Waals surface area contributed by atoms with E-state index >= 15 is 0 Å². The minimum Gasteiger partial charge on any atom is -0.481 e. The summed E-state index contributed by atoms with van der Waals surface area (Å²) in [6.07, 6.45) is -4.74. The quantitative estimate of drug-likeness (QED) is 0.229. The number of anilines is 1. The van der Waals surface area contributed by atoms with Gasteiger partial charge in [0.2, 0.25) is 5.91 Å². The lowest BCUT2D eigenvalue weighted by Gasteiger charge is -2.17. The first kappa shape index (κ1) is 25.9. The van der Waals surface area contributed by atoms with Gasteiger partial charge in [-0.2, -0.15) is 4.98 Å². The van der Waals surface area contributed by atoms with Gasteiger partial charge in [0.15, 0.2) is 6.23 Å². The molecule has 14 nitrogen and oxygen atoms in total. The number of aromatic nitrogens is 2. The largest absolute Gasteiger partial charge is 0.481 e. The highest BCUT2D eigenvalue weighted by Gasteiger charge is 2.44. The highest BCUT2D eigenvalue weighted by molar-refractivity contribution is 5.89. The first-order chi connectivity index (χ1) is 15.6. The topological polar surface area (TPSA) is 215 Å². The number of aliphatic hydroxyl groups is 2. The molecular formula is C19H25N3O11. The zero-order chi connectivity index (χ0) is 24.5. The molecule has 4 unspecified atom stereocenters. The molecule has 5 N–H and O–H groups in total. The second-order valence-electron chi connectivity index (χ2n) is 7.27. The van der Waals surface area contributed by atoms with Crippen molar-refractivity contribution in [1.29, 1.82) is 0 Å². The number of ether oxygens (including phenoxy) is 2. The molecule has 0 radical (unpaired) electrons. The summed E-state index contributed by atoms with van der Waals surface area (Å²) in [5.74, 6) is -3.40. The molecule has 14 heteroatoms. The number of aliphatic carboxylic acids is 2. The Hall–Kier alpha value is -3.36. The lowest BCUT2D eigenvalue weighted by atomic mass is 10.1. The molecular weight excluding hydrogens is 446 g/mol. The molecule has 0 aliphatic carbocycles. The Morgan fingerprint density at radius 1 is 1.03 bits per heavy atom. The van der Waals surface area contributed by atoms with Crippen LogP contribution in [0.5, 0.6) is 0 Å². The maximum Gasteiger partial charge on any atom is 0.351 e. The third kappa shape index (κ3) is 7.93. The molecule has 0 saturated carbocycles. The predicted molar refractivity (Wildman–Crippen MR) is 107 cm³/mol. The number of esters is 1. The van der Waals surface area contributed by atoms with Gasteiger partial charge in [-0.15, -0.1) is 0 Å². The van der Waals surface area contributed by atoms with Crippen molar-refractivity contribution in [1.82, 2.24) is 9.55 Å². The summed E-state index contributed by atoms with van der Waals surface area (Å²) in [5.41, 5.74) is -0.902. The summed E-state index contributed by atoms with van der Waals surface area (Å²) in [6, 6.07) is 1.26. The van der Waals surface area contributed by atoms with E-state index in [-0.39, 0.29) is 44.3 Å². The number of carbonyl (C=O) groups is 4. The van der Waals surface area contributed by atoms with Gasteiger partial charge in [-0.3, -0.25) is 23.7 Å². The normalized spacial score (nSPS) is 22.0. The van der Waals surface area contributed by atoms with E-state index in [2.05, 4.69) is 10.3 Å². The Balaban J connectivity index is 1.92. The minimum absolute atomic E-state index is 0.0790. The highest BCUT2D eigenvalue weighted by atomic mass is 16.6. The van der Waals surface area contributed by atoms with Crippen molar-refractivity contribution >= 4 is 29.6 Å². The molecule has 33 heavy (non-hydrogen) atoms. The van der Waals surface area contributed by atoms with Crippen molar-refractivity contribution in [3.05, 3.63) is 22.7 Å². The lowest BCUT2D eigenvalue weighted by molar-refractivity contribution is -0.150. The van der Waals surface area contributed by atoms with Crippen LogP contribution in [0.15, 0.2) is 17.1 Å². The molecule has 1 saturated heterocycles. The number of amides is 1. The van der Waals surface area contributed by atoms with E-state index < -0.39 is 60.7 Å². The summed E-state index contributed by atoms with van der Waals surface area (Å²) >= 11 is 0. The Kier molecular flexibility index (Phi) is 9.44. The Morgan fingerprint density at radius 3 is 2.27 bits per heavy atom. The number of carbonyl (C=O) groups excluding carboxylic acids is 2. The van der Waals surface area contributed by atoms with Gasteiger partial charge < -0.3 is 35.2 Å². The molecule has 1 aliphatic heterocycles. The summed E-state index contributed by atoms with van der Waals surface area (Å²) in [4.78, 5) is 60.4. The standard InChI is InChI=1S/C19H25N3O11/c23-12(3-1-4-13(24)25)20-11-7-8-22(19(31)21-11)18-17(30)16(29)10(33-18)9-32-15(28)6-2-5-14(26)27/h7-8,10,16-18,29-30H,1-6,9H2,(H,24,25)(H,26,27)(H,20,21,23,31). The van der Waals surface area contributed by atoms with Crippen molar-refractivity contribution in [2.75, 3.05) is 11.9 Å². The number of nitrogens with one attached hydrogen (secondary N) is 1. The van der Waals surface area contributed by atoms with Crippen LogP contribution in [0.2, 0.25) is 0 Å². The third-order valence-electron chi connectivity index (χ3n) is 4.68. The smallest absolute Gasteiger partial charge is 0.351 e. The molecule has 4 atom stereocenters. The molecule has 0 spiro atoms. The van der Waals surface area contributed by atoms with E-state index in [1.807, 2.05) is 0 Å². The van der Waals surface area contributed by atoms with Crippen molar-refractivity contribution in [2.24, 2.45) is 0 Å². The van der Waals surface area contributed by atoms with E-state index in [1.165, 1.54) is 12.3 Å². The summed E-state index contributed by atoms with van der Waals surface area (Å²) in [6.45, 7) is -0.423. The van der Waals surface area contributed by atoms with Gasteiger partial charge in [0.05, 0.1) is 0 Å². The van der Waals surface area contributed by atoms with Crippen LogP contribution in [-0.2, 0) is 28.7 Å². The molecule has 1 fully saturated rings. The number of nitrogens with zero attached hydrogens (tertiary/aromatic N) is 2. The number of aliphatic hydroxyl groups excluding tert-OH is 2. The van der Waals surface area contributed by atoms with Gasteiger partial charge in [-0.1, -0.05) is 0 Å². The molecule has 1 aliphatic rings. The molecule has 2 heterocycles. The first-order valence-corrected chi connectivity index (χ1v) is 10.1. The van der Waals surface area contributed by atoms with Crippen LogP contribution in [0, 0.1) is 0 Å². The van der Waals surface area contributed by atoms with Crippen LogP contribution < -0.4 is 11.0 Å². The van der Waals surface area contributed by atoms with Crippen LogP contribution in [0.1, 0.15) is 44.8 Å². The molecule has 1 aromatic rings. The van der Waals surface area contributed by atoms with Crippen LogP contribution in [0.3, 0.4) is 0 Å². The Morgan fingerprint density at radius 2 is 1.67 bits per heavy atom. The van der Waals surface area contributed by atoms with E-state index in [4.69, 9.17) is 19.7 Å². The molecule has 182 valence electrons. The molecule has 1 aromatic heterocycles. The summed E-state index contributed by atoms with van der Waals surface area (Å²) in [7, 11) is 0. The number of carboxylic acids is 2. The second-order valence-corrected chi connectivity index (χ2v) is 7.27. The fraction of sp³-hybridized carbons (Fsp3) is 0.579. The Labute approximate surface area is 186 Å². The zero-order valence-electron chi connectivity index (χ0n) is 17.5. The van der Waals surface area contributed by atoms with E-state index in [0.29, 0.717) is 0 Å². The maximum absolute atomic E-state index is 12.3. The van der Waals surface area contributed by atoms with Gasteiger partial charge in [-0.25, -0.2) is 4.79 Å². The van der Waals surface area contributed by atoms with Crippen molar-refractivity contribution in [2.45, 2.75) is 63.1 Å². The fourth-order valence-corrected chi connectivity index (χ4v) is 3.01. The maximum atomic E-state index is 12.3. The van der Waals surface area contributed by atoms with Crippen molar-refractivity contribution in [3.8, 4) is 0 Å². The fourth-order valence-electron chi connectivity index (χ4n) is 3.01. The second kappa shape index (κ2) is 12.0. The van der Waals surface area contributed by atoms with Gasteiger partial charge in [-0.05, 0) is 18.9 Å². The van der Waals surface area contributed by atoms with Gasteiger partial charge >= 0.3 is 23.6 Å². The van der Waals surface area contributed by atoms with Gasteiger partial charge in [0.25, 0.3) is 0 Å². The third-order valence-corrected chi connectivity index (χ3v) is 4.68. The monoisotopic (exact) mass is 471 g/mol. The van der Waals surface area contributed by atoms with E-state index in [0.717, 1.165) is 4.57 Å². The summed E-state index contributed by atoms with van der Waals surface area (Å²) < 4.78 is 11.3. The van der Waals surface area contributed by atoms with Crippen molar-refractivity contribution < 1.29 is 49.1 Å². The van der Waals surface area contributed by atoms with Gasteiger partial charge in [0.1, 0.15) is 30.7 Å². The SMILES string of the molecule is O=C(O)CCCC(=O)Nc1ccn(C2OC(COC(=O)CCCC(=O)O)C(O)C2O)c(=O)n1. The Bertz CT molecular complexity index is 932. The highest BCUT2D eigenvalue weighted by Crippen LogP contribution is 2.28. The van der Waals surface area contributed by atoms with Crippen molar-refractivity contribution in [3.63, 3.8) is 0 Å². The lowest BCUT2D eigenvalue weighted by Crippen LogP contribution is -2.36. The molecule has 1 amide bonds. The van der Waals surface area contributed by atoms with Crippen LogP contribution in [0.4, 0.5) is 5.82 Å². The average Bonchev–Trinajstić information content (AvgIpc) is 3.00. The van der Waals surface area contributed by atoms with Crippen LogP contribution >= 0.6 is 0 Å². The van der Waals surface area contributed by atoms with Gasteiger partial charge in [0, 0.05) is 31.9 Å². The predicted octanol–water partition coefficient (Wildman–Crippen LogP) is -1.15. The number of carboxylic acid groups (broad SMARTS) is 2. The van der Waals surface area contributed by atoms with E-state index in [9.17, 15) is 34.2 Å². The van der Waals surface area contributed by atoms with Crippen LogP contribution in [0.25, 0.3) is 0 Å². The number of rotatable bonds is 12. The van der Waals surface area contributed by atoms with Crippen LogP contribution in [-0.4, -0.2) is 78.7 Å². The number of hydrogen-bond acceptors (Lipinski definition) is 10. The molecule has 0 aromatic carbocycles. The molecule has 2 rings (SSSR count). The van der Waals surface area contributed by atoms with E-state index in [1.54, 1.807) is 0 Å². The number of hydrogen-bond donors (Lipinski definition) is 5. The minimum atomic E-state index is -1.54. The zero-order valence-corrected chi connectivity index (χ0v) is 17.5. The average molecular weight is 471 g/mol. The first-order valence-electron chi connectivity index (χ1n) is 10.1. The summed E-state index contributed by atoms with van der Waals surface area (Å²) in [5, 5.41) is 39.9.